The zero-order valence-electron chi connectivity index (χ0n) is 8.56. The maximum Gasteiger partial charge on any atom is 0.164 e. The van der Waals surface area contributed by atoms with Gasteiger partial charge >= 0.3 is 0 Å². The van der Waals surface area contributed by atoms with Crippen LogP contribution in [0.4, 0.5) is 0 Å². The monoisotopic (exact) mass is 204 g/mol. The summed E-state index contributed by atoms with van der Waals surface area (Å²) in [6.07, 6.45) is -1.62. The van der Waals surface area contributed by atoms with E-state index >= 15 is 0 Å². The number of carbonyl (C=O) groups is 1. The second-order valence-electron chi connectivity index (χ2n) is 4.06. The molecule has 0 aromatic heterocycles. The Kier molecular flexibility index (Phi) is 2.96. The Balaban J connectivity index is 2.91. The Morgan fingerprint density at radius 1 is 1.50 bits per heavy atom. The fourth-order valence-corrected chi connectivity index (χ4v) is 1.68. The largest absolute Gasteiger partial charge is 0.394 e. The standard InChI is InChI=1S/C9H16O5/c1-8(2)13-7(5-11)9(3,14-8)6(12)4-10/h4,6-7,11-12H,5H2,1-3H3/t6-,7-,9+/m0/s1. The van der Waals surface area contributed by atoms with Crippen LogP contribution in [0, 0.1) is 0 Å². The second-order valence-corrected chi connectivity index (χ2v) is 4.06. The van der Waals surface area contributed by atoms with E-state index in [1.165, 1.54) is 0 Å². The summed E-state index contributed by atoms with van der Waals surface area (Å²) in [6.45, 7) is 4.57. The minimum absolute atomic E-state index is 0.301. The van der Waals surface area contributed by atoms with Crippen molar-refractivity contribution in [2.45, 2.75) is 44.4 Å². The van der Waals surface area contributed by atoms with E-state index in [1.807, 2.05) is 0 Å². The molecule has 1 aliphatic rings. The highest BCUT2D eigenvalue weighted by atomic mass is 16.8. The first-order chi connectivity index (χ1) is 6.35. The summed E-state index contributed by atoms with van der Waals surface area (Å²) in [6, 6.07) is 0. The van der Waals surface area contributed by atoms with Crippen LogP contribution in [0.15, 0.2) is 0 Å². The van der Waals surface area contributed by atoms with E-state index in [1.54, 1.807) is 20.8 Å². The van der Waals surface area contributed by atoms with Crippen LogP contribution < -0.4 is 0 Å². The first-order valence-electron chi connectivity index (χ1n) is 4.48. The van der Waals surface area contributed by atoms with Crippen LogP contribution in [0.1, 0.15) is 20.8 Å². The Hall–Kier alpha value is -0.490. The molecular weight excluding hydrogens is 188 g/mol. The van der Waals surface area contributed by atoms with E-state index in [0.717, 1.165) is 0 Å². The second kappa shape index (κ2) is 3.58. The number of ether oxygens (including phenoxy) is 2. The molecule has 1 heterocycles. The molecule has 0 aliphatic carbocycles. The van der Waals surface area contributed by atoms with Gasteiger partial charge in [0, 0.05) is 0 Å². The Morgan fingerprint density at radius 3 is 2.50 bits per heavy atom. The lowest BCUT2D eigenvalue weighted by Crippen LogP contribution is -2.50. The minimum atomic E-state index is -1.30. The minimum Gasteiger partial charge on any atom is -0.394 e. The molecule has 0 bridgehead atoms. The fraction of sp³-hybridized carbons (Fsp3) is 0.889. The molecule has 0 spiro atoms. The molecule has 3 atom stereocenters. The van der Waals surface area contributed by atoms with Crippen molar-refractivity contribution in [2.75, 3.05) is 6.61 Å². The van der Waals surface area contributed by atoms with Crippen LogP contribution in [-0.4, -0.2) is 46.7 Å². The third-order valence-corrected chi connectivity index (χ3v) is 2.41. The molecule has 82 valence electrons. The molecule has 0 unspecified atom stereocenters. The van der Waals surface area contributed by atoms with Gasteiger partial charge in [-0.1, -0.05) is 0 Å². The summed E-state index contributed by atoms with van der Waals surface area (Å²) in [7, 11) is 0. The molecule has 5 nitrogen and oxygen atoms in total. The van der Waals surface area contributed by atoms with Gasteiger partial charge in [-0.05, 0) is 20.8 Å². The topological polar surface area (TPSA) is 76.0 Å². The van der Waals surface area contributed by atoms with Gasteiger partial charge in [-0.25, -0.2) is 0 Å². The van der Waals surface area contributed by atoms with Crippen LogP contribution in [0.25, 0.3) is 0 Å². The van der Waals surface area contributed by atoms with Crippen molar-refractivity contribution in [1.29, 1.82) is 0 Å². The molecule has 0 aromatic rings. The van der Waals surface area contributed by atoms with Gasteiger partial charge in [0.15, 0.2) is 12.1 Å². The van der Waals surface area contributed by atoms with Gasteiger partial charge in [0.05, 0.1) is 6.61 Å². The summed E-state index contributed by atoms with van der Waals surface area (Å²) in [5.41, 5.74) is -1.18. The third kappa shape index (κ3) is 1.81. The predicted molar refractivity (Wildman–Crippen MR) is 47.6 cm³/mol. The molecule has 0 radical (unpaired) electrons. The number of hydrogen-bond donors (Lipinski definition) is 2. The molecule has 0 aromatic carbocycles. The first-order valence-corrected chi connectivity index (χ1v) is 4.48. The lowest BCUT2D eigenvalue weighted by atomic mass is 9.93. The quantitative estimate of drug-likeness (QED) is 0.603. The summed E-state index contributed by atoms with van der Waals surface area (Å²) < 4.78 is 10.8. The molecule has 1 rings (SSSR count). The van der Waals surface area contributed by atoms with Gasteiger partial charge in [-0.3, -0.25) is 0 Å². The van der Waals surface area contributed by atoms with Crippen molar-refractivity contribution in [3.63, 3.8) is 0 Å². The van der Waals surface area contributed by atoms with Crippen molar-refractivity contribution in [2.24, 2.45) is 0 Å². The van der Waals surface area contributed by atoms with Crippen molar-refractivity contribution in [3.05, 3.63) is 0 Å². The van der Waals surface area contributed by atoms with E-state index in [4.69, 9.17) is 14.6 Å². The van der Waals surface area contributed by atoms with E-state index in [2.05, 4.69) is 0 Å². The van der Waals surface area contributed by atoms with Crippen LogP contribution in [0.3, 0.4) is 0 Å². The SMILES string of the molecule is CC1(C)O[C@@H](CO)[C@@](C)([C@@H](O)C=O)O1. The van der Waals surface area contributed by atoms with Crippen LogP contribution in [0.2, 0.25) is 0 Å². The highest BCUT2D eigenvalue weighted by Gasteiger charge is 2.54. The smallest absolute Gasteiger partial charge is 0.164 e. The molecule has 14 heavy (non-hydrogen) atoms. The van der Waals surface area contributed by atoms with Crippen LogP contribution in [0.5, 0.6) is 0 Å². The summed E-state index contributed by atoms with van der Waals surface area (Å²) >= 11 is 0. The number of hydrogen-bond acceptors (Lipinski definition) is 5. The number of aldehydes is 1. The third-order valence-electron chi connectivity index (χ3n) is 2.41. The highest BCUT2D eigenvalue weighted by molar-refractivity contribution is 5.58. The predicted octanol–water partition coefficient (Wildman–Crippen LogP) is -0.551. The van der Waals surface area contributed by atoms with Gasteiger partial charge in [0.2, 0.25) is 0 Å². The van der Waals surface area contributed by atoms with Crippen molar-refractivity contribution in [1.82, 2.24) is 0 Å². The van der Waals surface area contributed by atoms with Gasteiger partial charge in [0.1, 0.15) is 17.8 Å². The summed E-state index contributed by atoms with van der Waals surface area (Å²) in [4.78, 5) is 10.5. The van der Waals surface area contributed by atoms with E-state index in [-0.39, 0.29) is 6.61 Å². The van der Waals surface area contributed by atoms with E-state index < -0.39 is 23.6 Å². The van der Waals surface area contributed by atoms with Crippen molar-refractivity contribution < 1.29 is 24.5 Å². The Morgan fingerprint density at radius 2 is 2.07 bits per heavy atom. The Labute approximate surface area is 82.6 Å². The lowest BCUT2D eigenvalue weighted by Gasteiger charge is -2.29. The lowest BCUT2D eigenvalue weighted by molar-refractivity contribution is -0.178. The van der Waals surface area contributed by atoms with Crippen molar-refractivity contribution in [3.8, 4) is 0 Å². The highest BCUT2D eigenvalue weighted by Crippen LogP contribution is 2.37. The molecular formula is C9H16O5. The average Bonchev–Trinajstić information content (AvgIpc) is 2.35. The normalized spacial score (nSPS) is 38.2. The maximum atomic E-state index is 10.5. The zero-order valence-corrected chi connectivity index (χ0v) is 8.56. The molecule has 0 saturated carbocycles. The van der Waals surface area contributed by atoms with Crippen molar-refractivity contribution >= 4 is 6.29 Å². The van der Waals surface area contributed by atoms with Crippen LogP contribution >= 0.6 is 0 Å². The van der Waals surface area contributed by atoms with E-state index in [0.29, 0.717) is 6.29 Å². The molecule has 2 N–H and O–H groups in total. The molecule has 1 saturated heterocycles. The number of carbonyl (C=O) groups excluding carboxylic acids is 1. The summed E-state index contributed by atoms with van der Waals surface area (Å²) in [5, 5.41) is 18.5. The first kappa shape index (κ1) is 11.6. The number of rotatable bonds is 3. The van der Waals surface area contributed by atoms with Gasteiger partial charge in [-0.15, -0.1) is 0 Å². The fourth-order valence-electron chi connectivity index (χ4n) is 1.68. The maximum absolute atomic E-state index is 10.5. The molecule has 1 fully saturated rings. The van der Waals surface area contributed by atoms with Gasteiger partial charge in [-0.2, -0.15) is 0 Å². The Bertz CT molecular complexity index is 227. The molecule has 1 aliphatic heterocycles. The van der Waals surface area contributed by atoms with Gasteiger partial charge in [0.25, 0.3) is 0 Å². The van der Waals surface area contributed by atoms with Crippen LogP contribution in [-0.2, 0) is 14.3 Å². The zero-order chi connectivity index (χ0) is 11.0. The number of aliphatic hydroxyl groups excluding tert-OH is 2. The average molecular weight is 204 g/mol. The summed E-state index contributed by atoms with van der Waals surface area (Å²) in [5.74, 6) is -0.897. The number of aliphatic hydroxyl groups is 2. The molecule has 5 heteroatoms. The molecule has 0 amide bonds. The van der Waals surface area contributed by atoms with Gasteiger partial charge < -0.3 is 24.5 Å². The van der Waals surface area contributed by atoms with E-state index in [9.17, 15) is 9.90 Å².